The van der Waals surface area contributed by atoms with Crippen LogP contribution in [0.15, 0.2) is 24.8 Å². The highest BCUT2D eigenvalue weighted by Crippen LogP contribution is 2.14. The second kappa shape index (κ2) is 4.27. The van der Waals surface area contributed by atoms with Crippen LogP contribution in [0.5, 0.6) is 0 Å². The number of aryl methyl sites for hydroxylation is 1. The minimum Gasteiger partial charge on any atom is -0.363 e. The maximum atomic E-state index is 5.84. The lowest BCUT2D eigenvalue weighted by Gasteiger charge is -2.03. The van der Waals surface area contributed by atoms with E-state index < -0.39 is 0 Å². The van der Waals surface area contributed by atoms with Crippen molar-refractivity contribution in [2.24, 2.45) is 7.05 Å². The quantitative estimate of drug-likeness (QED) is 0.856. The third-order valence-corrected chi connectivity index (χ3v) is 2.15. The minimum atomic E-state index is 0.376. The number of nitrogens with zero attached hydrogens (tertiary/aromatic N) is 4. The van der Waals surface area contributed by atoms with Gasteiger partial charge in [-0.25, -0.2) is 9.97 Å². The Morgan fingerprint density at radius 1 is 1.40 bits per heavy atom. The summed E-state index contributed by atoms with van der Waals surface area (Å²) in [6.45, 7) is 0.631. The van der Waals surface area contributed by atoms with E-state index in [-0.39, 0.29) is 0 Å². The molecule has 2 heterocycles. The first-order valence-electron chi connectivity index (χ1n) is 4.43. The highest BCUT2D eigenvalue weighted by atomic mass is 35.5. The molecule has 0 saturated heterocycles. The number of nitrogens with one attached hydrogen (secondary N) is 1. The number of aromatic nitrogens is 4. The molecule has 0 aliphatic carbocycles. The molecule has 0 fully saturated rings. The van der Waals surface area contributed by atoms with Gasteiger partial charge in [-0.1, -0.05) is 11.6 Å². The Bertz CT molecular complexity index is 453. The normalized spacial score (nSPS) is 10.3. The first kappa shape index (κ1) is 9.92. The summed E-state index contributed by atoms with van der Waals surface area (Å²) in [5, 5.41) is 7.52. The zero-order chi connectivity index (χ0) is 10.7. The summed E-state index contributed by atoms with van der Waals surface area (Å²) >= 11 is 5.84. The van der Waals surface area contributed by atoms with E-state index >= 15 is 0 Å². The maximum absolute atomic E-state index is 5.84. The molecule has 0 radical (unpaired) electrons. The predicted octanol–water partition coefficient (Wildman–Crippen LogP) is 1.48. The Hall–Kier alpha value is -1.62. The number of halogens is 1. The molecule has 2 aromatic heterocycles. The van der Waals surface area contributed by atoms with Crippen LogP contribution in [0.25, 0.3) is 0 Å². The van der Waals surface area contributed by atoms with Crippen LogP contribution in [0.3, 0.4) is 0 Å². The van der Waals surface area contributed by atoms with E-state index in [0.29, 0.717) is 17.5 Å². The Kier molecular flexibility index (Phi) is 2.82. The van der Waals surface area contributed by atoms with Crippen LogP contribution in [0, 0.1) is 0 Å². The van der Waals surface area contributed by atoms with E-state index in [4.69, 9.17) is 11.6 Å². The molecule has 2 aromatic rings. The van der Waals surface area contributed by atoms with Crippen LogP contribution in [0.4, 0.5) is 5.82 Å². The fraction of sp³-hybridized carbons (Fsp3) is 0.222. The smallest absolute Gasteiger partial charge is 0.171 e. The van der Waals surface area contributed by atoms with Crippen molar-refractivity contribution in [2.75, 3.05) is 5.32 Å². The molecule has 15 heavy (non-hydrogen) atoms. The summed E-state index contributed by atoms with van der Waals surface area (Å²) < 4.78 is 1.75. The third-order valence-electron chi connectivity index (χ3n) is 1.87. The van der Waals surface area contributed by atoms with Crippen molar-refractivity contribution in [2.45, 2.75) is 6.54 Å². The minimum absolute atomic E-state index is 0.376. The fourth-order valence-corrected chi connectivity index (χ4v) is 1.36. The van der Waals surface area contributed by atoms with Gasteiger partial charge < -0.3 is 5.32 Å². The predicted molar refractivity (Wildman–Crippen MR) is 57.6 cm³/mol. The Morgan fingerprint density at radius 3 is 2.87 bits per heavy atom. The van der Waals surface area contributed by atoms with Gasteiger partial charge in [0.25, 0.3) is 0 Å². The lowest BCUT2D eigenvalue weighted by atomic mass is 10.3. The van der Waals surface area contributed by atoms with Gasteiger partial charge >= 0.3 is 0 Å². The van der Waals surface area contributed by atoms with Gasteiger partial charge in [0.05, 0.1) is 6.20 Å². The van der Waals surface area contributed by atoms with Gasteiger partial charge in [0.1, 0.15) is 0 Å². The molecule has 0 unspecified atom stereocenters. The maximum Gasteiger partial charge on any atom is 0.171 e. The van der Waals surface area contributed by atoms with E-state index in [0.717, 1.165) is 5.56 Å². The van der Waals surface area contributed by atoms with Crippen molar-refractivity contribution in [3.63, 3.8) is 0 Å². The molecule has 1 N–H and O–H groups in total. The van der Waals surface area contributed by atoms with Gasteiger partial charge in [-0.3, -0.25) is 4.68 Å². The van der Waals surface area contributed by atoms with Crippen molar-refractivity contribution < 1.29 is 0 Å². The van der Waals surface area contributed by atoms with Crippen molar-refractivity contribution in [3.8, 4) is 0 Å². The topological polar surface area (TPSA) is 55.6 Å². The highest BCUT2D eigenvalue weighted by Gasteiger charge is 2.01. The van der Waals surface area contributed by atoms with Crippen molar-refractivity contribution in [3.05, 3.63) is 35.5 Å². The molecule has 0 bridgehead atoms. The molecule has 6 heteroatoms. The van der Waals surface area contributed by atoms with Crippen LogP contribution in [0.2, 0.25) is 5.15 Å². The largest absolute Gasteiger partial charge is 0.363 e. The van der Waals surface area contributed by atoms with Crippen LogP contribution in [0.1, 0.15) is 5.56 Å². The number of rotatable bonds is 3. The summed E-state index contributed by atoms with van der Waals surface area (Å²) in [5.74, 6) is 0.586. The average Bonchev–Trinajstić information content (AvgIpc) is 2.63. The monoisotopic (exact) mass is 223 g/mol. The van der Waals surface area contributed by atoms with Crippen molar-refractivity contribution >= 4 is 17.4 Å². The molecular weight excluding hydrogens is 214 g/mol. The Labute approximate surface area is 92.1 Å². The summed E-state index contributed by atoms with van der Waals surface area (Å²) in [5.41, 5.74) is 1.07. The summed E-state index contributed by atoms with van der Waals surface area (Å²) in [4.78, 5) is 7.98. The molecule has 0 atom stereocenters. The molecule has 0 aromatic carbocycles. The van der Waals surface area contributed by atoms with Crippen LogP contribution < -0.4 is 5.32 Å². The number of hydrogen-bond donors (Lipinski definition) is 1. The SMILES string of the molecule is Cn1cc(CNc2nccnc2Cl)cn1. The Balaban J connectivity index is 2.02. The van der Waals surface area contributed by atoms with Crippen molar-refractivity contribution in [1.29, 1.82) is 0 Å². The molecule has 5 nitrogen and oxygen atoms in total. The molecule has 0 saturated carbocycles. The van der Waals surface area contributed by atoms with Crippen LogP contribution >= 0.6 is 11.6 Å². The molecule has 0 amide bonds. The van der Waals surface area contributed by atoms with Gasteiger partial charge in [-0.15, -0.1) is 0 Å². The standard InChI is InChI=1S/C9H10ClN5/c1-15-6-7(5-14-15)4-13-9-8(10)11-2-3-12-9/h2-3,5-6H,4H2,1H3,(H,12,13). The molecule has 78 valence electrons. The van der Waals surface area contributed by atoms with Gasteiger partial charge in [0.2, 0.25) is 0 Å². The molecule has 0 aliphatic heterocycles. The van der Waals surface area contributed by atoms with Crippen molar-refractivity contribution in [1.82, 2.24) is 19.7 Å². The summed E-state index contributed by atoms with van der Waals surface area (Å²) in [6.07, 6.45) is 6.86. The van der Waals surface area contributed by atoms with Gasteiger partial charge in [0.15, 0.2) is 11.0 Å². The van der Waals surface area contributed by atoms with Gasteiger partial charge in [-0.2, -0.15) is 5.10 Å². The number of anilines is 1. The van der Waals surface area contributed by atoms with Crippen LogP contribution in [-0.2, 0) is 13.6 Å². The zero-order valence-electron chi connectivity index (χ0n) is 8.18. The number of hydrogen-bond acceptors (Lipinski definition) is 4. The lowest BCUT2D eigenvalue weighted by molar-refractivity contribution is 0.767. The van der Waals surface area contributed by atoms with E-state index in [1.807, 2.05) is 13.2 Å². The first-order chi connectivity index (χ1) is 7.25. The van der Waals surface area contributed by atoms with E-state index in [1.54, 1.807) is 23.3 Å². The molecule has 0 aliphatic rings. The van der Waals surface area contributed by atoms with E-state index in [2.05, 4.69) is 20.4 Å². The zero-order valence-corrected chi connectivity index (χ0v) is 8.94. The Morgan fingerprint density at radius 2 is 2.20 bits per heavy atom. The molecular formula is C9H10ClN5. The first-order valence-corrected chi connectivity index (χ1v) is 4.81. The summed E-state index contributed by atoms with van der Waals surface area (Å²) in [7, 11) is 1.87. The average molecular weight is 224 g/mol. The summed E-state index contributed by atoms with van der Waals surface area (Å²) in [6, 6.07) is 0. The van der Waals surface area contributed by atoms with Crippen LogP contribution in [-0.4, -0.2) is 19.7 Å². The second-order valence-corrected chi connectivity index (χ2v) is 3.43. The highest BCUT2D eigenvalue weighted by molar-refractivity contribution is 6.31. The third kappa shape index (κ3) is 2.44. The van der Waals surface area contributed by atoms with Gasteiger partial charge in [0, 0.05) is 37.7 Å². The molecule has 2 rings (SSSR count). The van der Waals surface area contributed by atoms with E-state index in [9.17, 15) is 0 Å². The molecule has 0 spiro atoms. The lowest BCUT2D eigenvalue weighted by Crippen LogP contribution is -2.01. The van der Waals surface area contributed by atoms with Gasteiger partial charge in [-0.05, 0) is 0 Å². The second-order valence-electron chi connectivity index (χ2n) is 3.07. The fourth-order valence-electron chi connectivity index (χ4n) is 1.19. The van der Waals surface area contributed by atoms with E-state index in [1.165, 1.54) is 0 Å².